The lowest BCUT2D eigenvalue weighted by Crippen LogP contribution is -2.22. The Kier molecular flexibility index (Phi) is 3.57. The van der Waals surface area contributed by atoms with Crippen LogP contribution >= 0.6 is 0 Å². The molecular weight excluding hydrogens is 246 g/mol. The van der Waals surface area contributed by atoms with Gasteiger partial charge in [0.2, 0.25) is 0 Å². The van der Waals surface area contributed by atoms with Crippen LogP contribution in [0, 0.1) is 0 Å². The fourth-order valence-corrected chi connectivity index (χ4v) is 2.71. The SMILES string of the molecule is CC(N[C@H](C)c1ccco1)c1cccc2ccccc12. The van der Waals surface area contributed by atoms with Gasteiger partial charge in [0.1, 0.15) is 5.76 Å². The molecule has 0 aliphatic heterocycles. The zero-order valence-electron chi connectivity index (χ0n) is 11.8. The molecule has 3 aromatic rings. The Hall–Kier alpha value is -2.06. The number of fused-ring (bicyclic) bond motifs is 1. The Morgan fingerprint density at radius 1 is 0.850 bits per heavy atom. The van der Waals surface area contributed by atoms with Crippen LogP contribution < -0.4 is 5.32 Å². The van der Waals surface area contributed by atoms with E-state index < -0.39 is 0 Å². The van der Waals surface area contributed by atoms with Crippen LogP contribution in [0.15, 0.2) is 65.3 Å². The van der Waals surface area contributed by atoms with Crippen molar-refractivity contribution >= 4 is 10.8 Å². The lowest BCUT2D eigenvalue weighted by molar-refractivity contribution is 0.404. The van der Waals surface area contributed by atoms with Crippen molar-refractivity contribution in [3.63, 3.8) is 0 Å². The second kappa shape index (κ2) is 5.51. The molecule has 1 heterocycles. The molecule has 0 aliphatic rings. The van der Waals surface area contributed by atoms with Crippen molar-refractivity contribution in [2.45, 2.75) is 25.9 Å². The van der Waals surface area contributed by atoms with E-state index in [1.807, 2.05) is 12.1 Å². The summed E-state index contributed by atoms with van der Waals surface area (Å²) < 4.78 is 5.46. The van der Waals surface area contributed by atoms with Gasteiger partial charge in [-0.05, 0) is 42.3 Å². The van der Waals surface area contributed by atoms with E-state index >= 15 is 0 Å². The molecule has 2 aromatic carbocycles. The number of benzene rings is 2. The molecule has 0 fully saturated rings. The zero-order chi connectivity index (χ0) is 13.9. The molecule has 0 amide bonds. The largest absolute Gasteiger partial charge is 0.468 e. The summed E-state index contributed by atoms with van der Waals surface area (Å²) >= 11 is 0. The Labute approximate surface area is 119 Å². The minimum Gasteiger partial charge on any atom is -0.468 e. The van der Waals surface area contributed by atoms with Gasteiger partial charge in [-0.25, -0.2) is 0 Å². The van der Waals surface area contributed by atoms with Crippen molar-refractivity contribution in [2.75, 3.05) is 0 Å². The molecule has 0 saturated heterocycles. The average molecular weight is 265 g/mol. The molecule has 0 bridgehead atoms. The third-order valence-electron chi connectivity index (χ3n) is 3.76. The predicted molar refractivity (Wildman–Crippen MR) is 82.6 cm³/mol. The summed E-state index contributed by atoms with van der Waals surface area (Å²) in [6.45, 7) is 4.32. The van der Waals surface area contributed by atoms with Gasteiger partial charge in [-0.3, -0.25) is 0 Å². The highest BCUT2D eigenvalue weighted by Crippen LogP contribution is 2.26. The summed E-state index contributed by atoms with van der Waals surface area (Å²) in [6.07, 6.45) is 1.72. The van der Waals surface area contributed by atoms with Gasteiger partial charge in [0.15, 0.2) is 0 Å². The highest BCUT2D eigenvalue weighted by atomic mass is 16.3. The molecule has 0 radical (unpaired) electrons. The van der Waals surface area contributed by atoms with Crippen LogP contribution in [0.5, 0.6) is 0 Å². The summed E-state index contributed by atoms with van der Waals surface area (Å²) in [5.74, 6) is 0.970. The molecule has 102 valence electrons. The van der Waals surface area contributed by atoms with Crippen LogP contribution in [0.3, 0.4) is 0 Å². The first-order valence-corrected chi connectivity index (χ1v) is 7.03. The van der Waals surface area contributed by atoms with Crippen molar-refractivity contribution in [2.24, 2.45) is 0 Å². The first-order valence-electron chi connectivity index (χ1n) is 7.03. The van der Waals surface area contributed by atoms with Crippen molar-refractivity contribution in [3.8, 4) is 0 Å². The van der Waals surface area contributed by atoms with Crippen LogP contribution in [0.4, 0.5) is 0 Å². The van der Waals surface area contributed by atoms with Crippen molar-refractivity contribution in [1.82, 2.24) is 5.32 Å². The monoisotopic (exact) mass is 265 g/mol. The predicted octanol–water partition coefficient (Wildman–Crippen LogP) is 4.84. The van der Waals surface area contributed by atoms with Crippen molar-refractivity contribution < 1.29 is 4.42 Å². The molecule has 3 rings (SSSR count). The third-order valence-corrected chi connectivity index (χ3v) is 3.76. The minimum absolute atomic E-state index is 0.193. The maximum Gasteiger partial charge on any atom is 0.120 e. The molecule has 2 nitrogen and oxygen atoms in total. The third kappa shape index (κ3) is 2.47. The number of rotatable bonds is 4. The van der Waals surface area contributed by atoms with Crippen molar-refractivity contribution in [1.29, 1.82) is 0 Å². The normalized spacial score (nSPS) is 14.3. The van der Waals surface area contributed by atoms with Gasteiger partial charge in [-0.15, -0.1) is 0 Å². The van der Waals surface area contributed by atoms with Crippen LogP contribution in [-0.2, 0) is 0 Å². The molecule has 2 atom stereocenters. The first-order chi connectivity index (χ1) is 9.75. The van der Waals surface area contributed by atoms with Gasteiger partial charge in [-0.1, -0.05) is 42.5 Å². The van der Waals surface area contributed by atoms with E-state index in [4.69, 9.17) is 4.42 Å². The highest BCUT2D eigenvalue weighted by molar-refractivity contribution is 5.86. The first kappa shape index (κ1) is 12.9. The topological polar surface area (TPSA) is 25.2 Å². The fourth-order valence-electron chi connectivity index (χ4n) is 2.71. The standard InChI is InChI=1S/C18H19NO/c1-13(19-14(2)18-11-6-12-20-18)16-10-5-8-15-7-3-4-9-17(15)16/h3-14,19H,1-2H3/t13?,14-/m1/s1. The number of furan rings is 1. The van der Waals surface area contributed by atoms with Gasteiger partial charge >= 0.3 is 0 Å². The van der Waals surface area contributed by atoms with Gasteiger partial charge in [-0.2, -0.15) is 0 Å². The summed E-state index contributed by atoms with van der Waals surface area (Å²) in [6, 6.07) is 19.4. The lowest BCUT2D eigenvalue weighted by atomic mass is 9.99. The molecule has 0 aliphatic carbocycles. The van der Waals surface area contributed by atoms with E-state index in [1.165, 1.54) is 16.3 Å². The second-order valence-corrected chi connectivity index (χ2v) is 5.19. The average Bonchev–Trinajstić information content (AvgIpc) is 3.01. The maximum absolute atomic E-state index is 5.46. The van der Waals surface area contributed by atoms with Gasteiger partial charge in [0, 0.05) is 6.04 Å². The van der Waals surface area contributed by atoms with Crippen LogP contribution in [0.1, 0.15) is 37.3 Å². The highest BCUT2D eigenvalue weighted by Gasteiger charge is 2.14. The van der Waals surface area contributed by atoms with E-state index in [0.717, 1.165) is 5.76 Å². The number of nitrogens with one attached hydrogen (secondary N) is 1. The molecule has 1 N–H and O–H groups in total. The summed E-state index contributed by atoms with van der Waals surface area (Å²) in [5, 5.41) is 6.19. The number of hydrogen-bond acceptors (Lipinski definition) is 2. The van der Waals surface area contributed by atoms with E-state index in [2.05, 4.69) is 61.6 Å². The van der Waals surface area contributed by atoms with Gasteiger partial charge < -0.3 is 9.73 Å². The summed E-state index contributed by atoms with van der Waals surface area (Å²) in [5.41, 5.74) is 1.32. The zero-order valence-corrected chi connectivity index (χ0v) is 11.8. The molecule has 1 unspecified atom stereocenters. The Balaban J connectivity index is 1.87. The minimum atomic E-state index is 0.193. The maximum atomic E-state index is 5.46. The number of hydrogen-bond donors (Lipinski definition) is 1. The van der Waals surface area contributed by atoms with Crippen LogP contribution in [0.2, 0.25) is 0 Å². The second-order valence-electron chi connectivity index (χ2n) is 5.19. The molecular formula is C18H19NO. The molecule has 0 saturated carbocycles. The Bertz CT molecular complexity index is 682. The quantitative estimate of drug-likeness (QED) is 0.730. The van der Waals surface area contributed by atoms with E-state index in [-0.39, 0.29) is 12.1 Å². The van der Waals surface area contributed by atoms with E-state index in [0.29, 0.717) is 0 Å². The Morgan fingerprint density at radius 3 is 2.45 bits per heavy atom. The van der Waals surface area contributed by atoms with E-state index in [9.17, 15) is 0 Å². The van der Waals surface area contributed by atoms with Gasteiger partial charge in [0.05, 0.1) is 12.3 Å². The van der Waals surface area contributed by atoms with Crippen molar-refractivity contribution in [3.05, 3.63) is 72.2 Å². The summed E-state index contributed by atoms with van der Waals surface area (Å²) in [7, 11) is 0. The molecule has 2 heteroatoms. The van der Waals surface area contributed by atoms with Gasteiger partial charge in [0.25, 0.3) is 0 Å². The molecule has 20 heavy (non-hydrogen) atoms. The van der Waals surface area contributed by atoms with Crippen LogP contribution in [-0.4, -0.2) is 0 Å². The molecule has 0 spiro atoms. The fraction of sp³-hybridized carbons (Fsp3) is 0.222. The lowest BCUT2D eigenvalue weighted by Gasteiger charge is -2.20. The van der Waals surface area contributed by atoms with E-state index in [1.54, 1.807) is 6.26 Å². The summed E-state index contributed by atoms with van der Waals surface area (Å²) in [4.78, 5) is 0. The van der Waals surface area contributed by atoms with Crippen LogP contribution in [0.25, 0.3) is 10.8 Å². The Morgan fingerprint density at radius 2 is 1.65 bits per heavy atom. The molecule has 1 aromatic heterocycles. The smallest absolute Gasteiger partial charge is 0.120 e.